The average Bonchev–Trinajstić information content (AvgIpc) is 2.47. The van der Waals surface area contributed by atoms with Crippen LogP contribution in [0.2, 0.25) is 0 Å². The predicted octanol–water partition coefficient (Wildman–Crippen LogP) is 1.95. The Hall–Kier alpha value is -1.26. The van der Waals surface area contributed by atoms with Crippen molar-refractivity contribution in [3.05, 3.63) is 24.3 Å². The molecule has 1 heterocycles. The predicted molar refractivity (Wildman–Crippen MR) is 77.8 cm³/mol. The fraction of sp³-hybridized carbons (Fsp3) is 0.600. The molecular weight excluding hydrogens is 240 g/mol. The van der Waals surface area contributed by atoms with Crippen molar-refractivity contribution >= 4 is 5.69 Å². The maximum atomic E-state index is 8.84. The summed E-state index contributed by atoms with van der Waals surface area (Å²) in [6, 6.07) is 8.64. The first-order valence-electron chi connectivity index (χ1n) is 7.05. The Labute approximate surface area is 115 Å². The molecule has 0 aromatic heterocycles. The zero-order chi connectivity index (χ0) is 13.5. The Balaban J connectivity index is 1.78. The van der Waals surface area contributed by atoms with Crippen LogP contribution >= 0.6 is 0 Å². The van der Waals surface area contributed by atoms with Crippen LogP contribution in [0.3, 0.4) is 0 Å². The zero-order valence-corrected chi connectivity index (χ0v) is 11.6. The molecule has 106 valence electrons. The Morgan fingerprint density at radius 2 is 2.16 bits per heavy atom. The number of aliphatic hydroxyl groups is 1. The van der Waals surface area contributed by atoms with Crippen molar-refractivity contribution in [3.63, 3.8) is 0 Å². The van der Waals surface area contributed by atoms with Crippen LogP contribution in [0.25, 0.3) is 0 Å². The second kappa shape index (κ2) is 7.36. The lowest BCUT2D eigenvalue weighted by Crippen LogP contribution is -2.39. The molecule has 0 bridgehead atoms. The summed E-state index contributed by atoms with van der Waals surface area (Å²) in [6.45, 7) is 3.54. The van der Waals surface area contributed by atoms with Crippen molar-refractivity contribution in [1.29, 1.82) is 0 Å². The molecule has 0 amide bonds. The van der Waals surface area contributed by atoms with E-state index in [-0.39, 0.29) is 0 Å². The summed E-state index contributed by atoms with van der Waals surface area (Å²) in [5, 5.41) is 12.4. The molecule has 1 aromatic carbocycles. The zero-order valence-electron chi connectivity index (χ0n) is 11.6. The number of likely N-dealkylation sites (tertiary alicyclic amines) is 1. The van der Waals surface area contributed by atoms with Crippen molar-refractivity contribution in [2.24, 2.45) is 0 Å². The van der Waals surface area contributed by atoms with Gasteiger partial charge in [0.15, 0.2) is 0 Å². The minimum Gasteiger partial charge on any atom is -0.497 e. The standard InChI is InChI=1S/C15H24N2O2/c1-19-15-5-2-4-14(12-15)16-13-6-9-17(10-7-13)8-3-11-18/h2,4-5,12-13,16,18H,3,6-11H2,1H3. The van der Waals surface area contributed by atoms with Crippen molar-refractivity contribution in [2.45, 2.75) is 25.3 Å². The van der Waals surface area contributed by atoms with Crippen molar-refractivity contribution in [2.75, 3.05) is 38.7 Å². The van der Waals surface area contributed by atoms with E-state index >= 15 is 0 Å². The van der Waals surface area contributed by atoms with Crippen LogP contribution in [0.5, 0.6) is 5.75 Å². The number of benzene rings is 1. The molecule has 0 aliphatic carbocycles. The smallest absolute Gasteiger partial charge is 0.120 e. The van der Waals surface area contributed by atoms with Gasteiger partial charge in [-0.05, 0) is 31.4 Å². The number of hydrogen-bond acceptors (Lipinski definition) is 4. The van der Waals surface area contributed by atoms with Gasteiger partial charge in [0, 0.05) is 44.0 Å². The summed E-state index contributed by atoms with van der Waals surface area (Å²) in [7, 11) is 1.69. The van der Waals surface area contributed by atoms with Gasteiger partial charge in [-0.1, -0.05) is 6.07 Å². The minimum atomic E-state index is 0.294. The van der Waals surface area contributed by atoms with E-state index in [1.54, 1.807) is 7.11 Å². The number of aliphatic hydroxyl groups excluding tert-OH is 1. The van der Waals surface area contributed by atoms with Gasteiger partial charge in [-0.3, -0.25) is 0 Å². The van der Waals surface area contributed by atoms with E-state index < -0.39 is 0 Å². The molecule has 2 N–H and O–H groups in total. The van der Waals surface area contributed by atoms with Crippen molar-refractivity contribution in [1.82, 2.24) is 4.90 Å². The number of methoxy groups -OCH3 is 1. The highest BCUT2D eigenvalue weighted by atomic mass is 16.5. The van der Waals surface area contributed by atoms with Crippen LogP contribution in [-0.4, -0.2) is 49.4 Å². The van der Waals surface area contributed by atoms with Crippen molar-refractivity contribution in [3.8, 4) is 5.75 Å². The molecule has 1 saturated heterocycles. The fourth-order valence-corrected chi connectivity index (χ4v) is 2.54. The summed E-state index contributed by atoms with van der Waals surface area (Å²) in [5.41, 5.74) is 1.13. The fourth-order valence-electron chi connectivity index (χ4n) is 2.54. The Bertz CT molecular complexity index is 376. The van der Waals surface area contributed by atoms with E-state index in [4.69, 9.17) is 9.84 Å². The summed E-state index contributed by atoms with van der Waals surface area (Å²) < 4.78 is 5.23. The quantitative estimate of drug-likeness (QED) is 0.824. The van der Waals surface area contributed by atoms with Gasteiger partial charge in [-0.15, -0.1) is 0 Å². The first kappa shape index (κ1) is 14.2. The van der Waals surface area contributed by atoms with Crippen LogP contribution < -0.4 is 10.1 Å². The van der Waals surface area contributed by atoms with Gasteiger partial charge in [0.05, 0.1) is 7.11 Å². The van der Waals surface area contributed by atoms with Crippen LogP contribution in [0, 0.1) is 0 Å². The second-order valence-electron chi connectivity index (χ2n) is 5.07. The van der Waals surface area contributed by atoms with Gasteiger partial charge < -0.3 is 20.1 Å². The first-order chi connectivity index (χ1) is 9.31. The van der Waals surface area contributed by atoms with Gasteiger partial charge in [0.1, 0.15) is 5.75 Å². The number of anilines is 1. The van der Waals surface area contributed by atoms with Gasteiger partial charge >= 0.3 is 0 Å². The first-order valence-corrected chi connectivity index (χ1v) is 7.05. The number of hydrogen-bond donors (Lipinski definition) is 2. The van der Waals surface area contributed by atoms with Crippen LogP contribution in [-0.2, 0) is 0 Å². The molecule has 1 fully saturated rings. The maximum Gasteiger partial charge on any atom is 0.120 e. The molecular formula is C15H24N2O2. The summed E-state index contributed by atoms with van der Waals surface area (Å²) in [5.74, 6) is 0.894. The molecule has 19 heavy (non-hydrogen) atoms. The summed E-state index contributed by atoms with van der Waals surface area (Å²) >= 11 is 0. The molecule has 0 saturated carbocycles. The van der Waals surface area contributed by atoms with E-state index in [0.29, 0.717) is 12.6 Å². The van der Waals surface area contributed by atoms with E-state index in [1.807, 2.05) is 18.2 Å². The number of nitrogens with one attached hydrogen (secondary N) is 1. The summed E-state index contributed by atoms with van der Waals surface area (Å²) in [4.78, 5) is 2.43. The van der Waals surface area contributed by atoms with Crippen LogP contribution in [0.15, 0.2) is 24.3 Å². The van der Waals surface area contributed by atoms with Gasteiger partial charge in [0.2, 0.25) is 0 Å². The molecule has 2 rings (SSSR count). The number of rotatable bonds is 6. The third-order valence-corrected chi connectivity index (χ3v) is 3.66. The van der Waals surface area contributed by atoms with E-state index in [2.05, 4.69) is 16.3 Å². The highest BCUT2D eigenvalue weighted by Crippen LogP contribution is 2.20. The molecule has 1 aliphatic heterocycles. The molecule has 1 aromatic rings. The Morgan fingerprint density at radius 1 is 1.37 bits per heavy atom. The van der Waals surface area contributed by atoms with Crippen LogP contribution in [0.4, 0.5) is 5.69 Å². The summed E-state index contributed by atoms with van der Waals surface area (Å²) in [6.07, 6.45) is 3.19. The maximum absolute atomic E-state index is 8.84. The molecule has 0 atom stereocenters. The Kier molecular flexibility index (Phi) is 5.48. The van der Waals surface area contributed by atoms with Gasteiger partial charge in [-0.2, -0.15) is 0 Å². The largest absolute Gasteiger partial charge is 0.497 e. The molecule has 0 spiro atoms. The number of nitrogens with zero attached hydrogens (tertiary/aromatic N) is 1. The van der Waals surface area contributed by atoms with Gasteiger partial charge in [0.25, 0.3) is 0 Å². The monoisotopic (exact) mass is 264 g/mol. The lowest BCUT2D eigenvalue weighted by Gasteiger charge is -2.32. The van der Waals surface area contributed by atoms with Crippen LogP contribution in [0.1, 0.15) is 19.3 Å². The third kappa shape index (κ3) is 4.40. The topological polar surface area (TPSA) is 44.7 Å². The lowest BCUT2D eigenvalue weighted by molar-refractivity contribution is 0.192. The minimum absolute atomic E-state index is 0.294. The molecule has 4 heteroatoms. The molecule has 0 radical (unpaired) electrons. The van der Waals surface area contributed by atoms with Gasteiger partial charge in [-0.25, -0.2) is 0 Å². The third-order valence-electron chi connectivity index (χ3n) is 3.66. The Morgan fingerprint density at radius 3 is 2.84 bits per heavy atom. The number of ether oxygens (including phenoxy) is 1. The van der Waals surface area contributed by atoms with E-state index in [0.717, 1.165) is 50.3 Å². The van der Waals surface area contributed by atoms with E-state index in [9.17, 15) is 0 Å². The van der Waals surface area contributed by atoms with E-state index in [1.165, 1.54) is 0 Å². The number of piperidine rings is 1. The highest BCUT2D eigenvalue weighted by molar-refractivity contribution is 5.48. The highest BCUT2D eigenvalue weighted by Gasteiger charge is 2.18. The second-order valence-corrected chi connectivity index (χ2v) is 5.07. The molecule has 4 nitrogen and oxygen atoms in total. The normalized spacial score (nSPS) is 17.4. The molecule has 0 unspecified atom stereocenters. The van der Waals surface area contributed by atoms with Crippen molar-refractivity contribution < 1.29 is 9.84 Å². The average molecular weight is 264 g/mol. The molecule has 1 aliphatic rings. The SMILES string of the molecule is COc1cccc(NC2CCN(CCCO)CC2)c1. The lowest BCUT2D eigenvalue weighted by atomic mass is 10.0.